The number of rotatable bonds is 3. The number of ether oxygens (including phenoxy) is 1. The summed E-state index contributed by atoms with van der Waals surface area (Å²) in [4.78, 5) is 6.46. The summed E-state index contributed by atoms with van der Waals surface area (Å²) in [6, 6.07) is 0.435. The number of nitrogens with zero attached hydrogens (tertiary/aromatic N) is 1. The van der Waals surface area contributed by atoms with Gasteiger partial charge in [-0.2, -0.15) is 0 Å². The van der Waals surface area contributed by atoms with Crippen molar-refractivity contribution in [3.8, 4) is 0 Å². The molecule has 1 aliphatic heterocycles. The van der Waals surface area contributed by atoms with Gasteiger partial charge in [0.1, 0.15) is 5.01 Å². The quantitative estimate of drug-likeness (QED) is 0.913. The third-order valence-electron chi connectivity index (χ3n) is 4.18. The molecule has 1 saturated heterocycles. The van der Waals surface area contributed by atoms with Gasteiger partial charge in [-0.3, -0.25) is 0 Å². The van der Waals surface area contributed by atoms with Crippen molar-refractivity contribution in [3.63, 3.8) is 0 Å². The average Bonchev–Trinajstić information content (AvgIpc) is 2.84. The van der Waals surface area contributed by atoms with Crippen LogP contribution in [-0.4, -0.2) is 25.2 Å². The highest BCUT2D eigenvalue weighted by molar-refractivity contribution is 7.11. The molecule has 18 heavy (non-hydrogen) atoms. The van der Waals surface area contributed by atoms with Crippen molar-refractivity contribution in [2.24, 2.45) is 5.92 Å². The van der Waals surface area contributed by atoms with Crippen molar-refractivity contribution < 1.29 is 4.74 Å². The number of aromatic nitrogens is 1. The zero-order valence-electron chi connectivity index (χ0n) is 11.1. The second-order valence-corrected chi connectivity index (χ2v) is 6.46. The summed E-state index contributed by atoms with van der Waals surface area (Å²) >= 11 is 1.95. The molecule has 1 fully saturated rings. The Balaban J connectivity index is 1.79. The van der Waals surface area contributed by atoms with Crippen LogP contribution in [0.5, 0.6) is 0 Å². The van der Waals surface area contributed by atoms with Crippen LogP contribution in [0.25, 0.3) is 0 Å². The Labute approximate surface area is 113 Å². The van der Waals surface area contributed by atoms with Gasteiger partial charge in [-0.05, 0) is 51.5 Å². The van der Waals surface area contributed by atoms with E-state index < -0.39 is 0 Å². The van der Waals surface area contributed by atoms with Crippen LogP contribution < -0.4 is 5.32 Å². The van der Waals surface area contributed by atoms with Crippen LogP contribution in [0, 0.1) is 5.92 Å². The third kappa shape index (κ3) is 2.46. The van der Waals surface area contributed by atoms with Crippen LogP contribution in [0.3, 0.4) is 0 Å². The zero-order valence-corrected chi connectivity index (χ0v) is 11.9. The highest BCUT2D eigenvalue weighted by Crippen LogP contribution is 2.35. The summed E-state index contributed by atoms with van der Waals surface area (Å²) in [5.41, 5.74) is 1.38. The molecule has 0 bridgehead atoms. The lowest BCUT2D eigenvalue weighted by molar-refractivity contribution is 0.0546. The van der Waals surface area contributed by atoms with E-state index in [0.29, 0.717) is 12.0 Å². The van der Waals surface area contributed by atoms with E-state index in [1.165, 1.54) is 36.4 Å². The molecule has 2 aliphatic rings. The van der Waals surface area contributed by atoms with Gasteiger partial charge in [0, 0.05) is 18.1 Å². The molecule has 1 atom stereocenters. The van der Waals surface area contributed by atoms with E-state index in [0.717, 1.165) is 26.1 Å². The lowest BCUT2D eigenvalue weighted by Gasteiger charge is -2.28. The molecule has 0 aromatic carbocycles. The standard InChI is InChI=1S/C14H22N2OS/c1-15-13(10-6-8-17-9-7-10)14-16-11-4-2-3-5-12(11)18-14/h10,13,15H,2-9H2,1H3. The number of hydrogen-bond donors (Lipinski definition) is 1. The fourth-order valence-corrected chi connectivity index (χ4v) is 4.47. The summed E-state index contributed by atoms with van der Waals surface area (Å²) in [5.74, 6) is 0.691. The second kappa shape index (κ2) is 5.68. The van der Waals surface area contributed by atoms with E-state index in [1.807, 2.05) is 11.3 Å². The molecule has 1 aliphatic carbocycles. The molecular weight excluding hydrogens is 244 g/mol. The number of thiazole rings is 1. The van der Waals surface area contributed by atoms with Crippen molar-refractivity contribution in [3.05, 3.63) is 15.6 Å². The van der Waals surface area contributed by atoms with Crippen molar-refractivity contribution in [1.82, 2.24) is 10.3 Å². The maximum Gasteiger partial charge on any atom is 0.110 e. The van der Waals surface area contributed by atoms with Gasteiger partial charge in [-0.1, -0.05) is 0 Å². The van der Waals surface area contributed by atoms with E-state index in [9.17, 15) is 0 Å². The maximum atomic E-state index is 5.47. The lowest BCUT2D eigenvalue weighted by atomic mass is 9.92. The second-order valence-electron chi connectivity index (χ2n) is 5.35. The predicted octanol–water partition coefficient (Wildman–Crippen LogP) is 2.71. The van der Waals surface area contributed by atoms with Crippen LogP contribution in [0.1, 0.15) is 47.3 Å². The average molecular weight is 266 g/mol. The van der Waals surface area contributed by atoms with E-state index in [1.54, 1.807) is 4.88 Å². The highest BCUT2D eigenvalue weighted by atomic mass is 32.1. The Bertz CT molecular complexity index is 375. The minimum atomic E-state index is 0.435. The van der Waals surface area contributed by atoms with Crippen molar-refractivity contribution in [2.45, 2.75) is 44.6 Å². The summed E-state index contributed by atoms with van der Waals surface area (Å²) in [5, 5.41) is 4.81. The van der Waals surface area contributed by atoms with Crippen LogP contribution in [-0.2, 0) is 17.6 Å². The molecule has 0 amide bonds. The number of fused-ring (bicyclic) bond motifs is 1. The van der Waals surface area contributed by atoms with Crippen molar-refractivity contribution in [2.75, 3.05) is 20.3 Å². The zero-order chi connectivity index (χ0) is 12.4. The minimum Gasteiger partial charge on any atom is -0.381 e. The van der Waals surface area contributed by atoms with Crippen LogP contribution in [0.2, 0.25) is 0 Å². The number of aryl methyl sites for hydroxylation is 2. The van der Waals surface area contributed by atoms with E-state index in [2.05, 4.69) is 12.4 Å². The summed E-state index contributed by atoms with van der Waals surface area (Å²) in [7, 11) is 2.07. The topological polar surface area (TPSA) is 34.2 Å². The first kappa shape index (κ1) is 12.6. The molecule has 2 heterocycles. The first-order valence-electron chi connectivity index (χ1n) is 7.12. The van der Waals surface area contributed by atoms with Gasteiger partial charge in [0.05, 0.1) is 11.7 Å². The molecule has 0 saturated carbocycles. The summed E-state index contributed by atoms with van der Waals surface area (Å²) in [6.07, 6.45) is 7.42. The van der Waals surface area contributed by atoms with Gasteiger partial charge in [0.2, 0.25) is 0 Å². The molecule has 4 heteroatoms. The highest BCUT2D eigenvalue weighted by Gasteiger charge is 2.28. The molecule has 0 spiro atoms. The Kier molecular flexibility index (Phi) is 3.97. The Morgan fingerprint density at radius 1 is 1.28 bits per heavy atom. The Hall–Kier alpha value is -0.450. The molecule has 3 rings (SSSR count). The van der Waals surface area contributed by atoms with Gasteiger partial charge in [0.15, 0.2) is 0 Å². The summed E-state index contributed by atoms with van der Waals surface area (Å²) < 4.78 is 5.47. The SMILES string of the molecule is CNC(c1nc2c(s1)CCCC2)C1CCOCC1. The van der Waals surface area contributed by atoms with E-state index in [4.69, 9.17) is 9.72 Å². The van der Waals surface area contributed by atoms with Crippen molar-refractivity contribution in [1.29, 1.82) is 0 Å². The first-order valence-corrected chi connectivity index (χ1v) is 7.93. The van der Waals surface area contributed by atoms with Gasteiger partial charge in [0.25, 0.3) is 0 Å². The lowest BCUT2D eigenvalue weighted by Crippen LogP contribution is -2.29. The molecule has 1 aromatic heterocycles. The molecule has 0 radical (unpaired) electrons. The Morgan fingerprint density at radius 2 is 2.06 bits per heavy atom. The molecule has 100 valence electrons. The van der Waals surface area contributed by atoms with Crippen LogP contribution in [0.15, 0.2) is 0 Å². The molecule has 3 nitrogen and oxygen atoms in total. The maximum absolute atomic E-state index is 5.47. The largest absolute Gasteiger partial charge is 0.381 e. The predicted molar refractivity (Wildman–Crippen MR) is 74.1 cm³/mol. The third-order valence-corrected chi connectivity index (χ3v) is 5.42. The van der Waals surface area contributed by atoms with Gasteiger partial charge < -0.3 is 10.1 Å². The van der Waals surface area contributed by atoms with E-state index >= 15 is 0 Å². The molecular formula is C14H22N2OS. The number of hydrogen-bond acceptors (Lipinski definition) is 4. The summed E-state index contributed by atoms with van der Waals surface area (Å²) in [6.45, 7) is 1.82. The van der Waals surface area contributed by atoms with Gasteiger partial charge in [-0.25, -0.2) is 4.98 Å². The molecule has 1 unspecified atom stereocenters. The smallest absolute Gasteiger partial charge is 0.110 e. The van der Waals surface area contributed by atoms with Crippen LogP contribution >= 0.6 is 11.3 Å². The Morgan fingerprint density at radius 3 is 2.78 bits per heavy atom. The molecule has 1 aromatic rings. The fraction of sp³-hybridized carbons (Fsp3) is 0.786. The number of nitrogens with one attached hydrogen (secondary N) is 1. The minimum absolute atomic E-state index is 0.435. The van der Waals surface area contributed by atoms with Crippen molar-refractivity contribution >= 4 is 11.3 Å². The monoisotopic (exact) mass is 266 g/mol. The van der Waals surface area contributed by atoms with Gasteiger partial charge in [-0.15, -0.1) is 11.3 Å². The van der Waals surface area contributed by atoms with E-state index in [-0.39, 0.29) is 0 Å². The fourth-order valence-electron chi connectivity index (χ4n) is 3.11. The van der Waals surface area contributed by atoms with Crippen LogP contribution in [0.4, 0.5) is 0 Å². The van der Waals surface area contributed by atoms with Gasteiger partial charge >= 0.3 is 0 Å². The normalized spacial score (nSPS) is 22.7. The first-order chi connectivity index (χ1) is 8.88. The molecule has 1 N–H and O–H groups in total.